The van der Waals surface area contributed by atoms with Crippen LogP contribution in [0.3, 0.4) is 0 Å². The number of benzene rings is 3. The first-order valence-corrected chi connectivity index (χ1v) is 16.2. The number of amides is 5. The molecule has 0 bridgehead atoms. The predicted octanol–water partition coefficient (Wildman–Crippen LogP) is 4.91. The molecule has 0 spiro atoms. The first-order valence-electron chi connectivity index (χ1n) is 15.8. The molecule has 1 heterocycles. The second-order valence-electron chi connectivity index (χ2n) is 11.8. The van der Waals surface area contributed by atoms with Gasteiger partial charge in [0.05, 0.1) is 0 Å². The Morgan fingerprint density at radius 3 is 2.28 bits per heavy atom. The number of piperazine rings is 1. The van der Waals surface area contributed by atoms with Gasteiger partial charge in [0.1, 0.15) is 18.6 Å². The molecule has 1 unspecified atom stereocenters. The van der Waals surface area contributed by atoms with Crippen LogP contribution in [0.2, 0.25) is 5.02 Å². The number of urea groups is 1. The molecule has 1 aliphatic heterocycles. The van der Waals surface area contributed by atoms with Crippen LogP contribution >= 0.6 is 11.6 Å². The molecule has 1 aliphatic rings. The van der Waals surface area contributed by atoms with Crippen LogP contribution in [-0.2, 0) is 33.8 Å². The Balaban J connectivity index is 1.39. The van der Waals surface area contributed by atoms with Gasteiger partial charge < -0.3 is 25.3 Å². The van der Waals surface area contributed by atoms with Crippen LogP contribution in [0.15, 0.2) is 72.8 Å². The number of unbranched alkanes of at least 4 members (excludes halogenated alkanes) is 1. The van der Waals surface area contributed by atoms with Crippen LogP contribution in [0.25, 0.3) is 11.1 Å². The van der Waals surface area contributed by atoms with Crippen LogP contribution in [-0.4, -0.2) is 84.3 Å². The zero-order valence-electron chi connectivity index (χ0n) is 27.1. The van der Waals surface area contributed by atoms with E-state index in [1.165, 1.54) is 9.80 Å². The summed E-state index contributed by atoms with van der Waals surface area (Å²) < 4.78 is 0. The molecule has 0 aromatic heterocycles. The largest absolute Gasteiger partial charge is 0.354 e. The first kappa shape index (κ1) is 34.5. The molecule has 0 aliphatic carbocycles. The number of nitrogens with zero attached hydrogens (tertiary/aromatic N) is 3. The van der Waals surface area contributed by atoms with Gasteiger partial charge >= 0.3 is 6.03 Å². The van der Waals surface area contributed by atoms with E-state index in [1.807, 2.05) is 59.5 Å². The Labute approximate surface area is 276 Å². The Bertz CT molecular complexity index is 1510. The van der Waals surface area contributed by atoms with Gasteiger partial charge in [0.25, 0.3) is 0 Å². The SMILES string of the molecule is CCCCN(Cc1cccc(-c2ccc(CC3C(=O)N(CC(=O)NCCc4ccc(Cl)cc4)[C@@H](C)C(=O)N3C)cc2)c1)C(=O)NC. The van der Waals surface area contributed by atoms with Crippen molar-refractivity contribution in [3.05, 3.63) is 94.5 Å². The van der Waals surface area contributed by atoms with Crippen molar-refractivity contribution in [1.82, 2.24) is 25.3 Å². The summed E-state index contributed by atoms with van der Waals surface area (Å²) in [7, 11) is 3.29. The average molecular weight is 646 g/mol. The predicted molar refractivity (Wildman–Crippen MR) is 181 cm³/mol. The van der Waals surface area contributed by atoms with Crippen LogP contribution in [0.4, 0.5) is 4.79 Å². The van der Waals surface area contributed by atoms with E-state index in [-0.39, 0.29) is 30.3 Å². The number of carbonyl (C=O) groups excluding carboxylic acids is 4. The van der Waals surface area contributed by atoms with Gasteiger partial charge in [-0.25, -0.2) is 4.79 Å². The molecule has 46 heavy (non-hydrogen) atoms. The lowest BCUT2D eigenvalue weighted by Crippen LogP contribution is -2.64. The lowest BCUT2D eigenvalue weighted by molar-refractivity contribution is -0.160. The monoisotopic (exact) mass is 645 g/mol. The molecule has 1 fully saturated rings. The Kier molecular flexibility index (Phi) is 12.2. The molecule has 0 saturated carbocycles. The van der Waals surface area contributed by atoms with Crippen molar-refractivity contribution >= 4 is 35.4 Å². The Hall–Kier alpha value is -4.37. The Morgan fingerprint density at radius 2 is 1.61 bits per heavy atom. The van der Waals surface area contributed by atoms with E-state index in [2.05, 4.69) is 23.6 Å². The number of likely N-dealkylation sites (N-methyl/N-ethyl adjacent to an activating group) is 1. The summed E-state index contributed by atoms with van der Waals surface area (Å²) >= 11 is 5.94. The molecular weight excluding hydrogens is 602 g/mol. The fourth-order valence-electron chi connectivity index (χ4n) is 5.66. The summed E-state index contributed by atoms with van der Waals surface area (Å²) in [6, 6.07) is 22.0. The van der Waals surface area contributed by atoms with E-state index in [4.69, 9.17) is 11.6 Å². The van der Waals surface area contributed by atoms with Crippen molar-refractivity contribution in [3.63, 3.8) is 0 Å². The molecule has 2 atom stereocenters. The van der Waals surface area contributed by atoms with E-state index >= 15 is 0 Å². The van der Waals surface area contributed by atoms with E-state index in [9.17, 15) is 19.2 Å². The number of hydrogen-bond donors (Lipinski definition) is 2. The number of halogens is 1. The van der Waals surface area contributed by atoms with Gasteiger partial charge in [0.2, 0.25) is 17.7 Å². The minimum atomic E-state index is -0.730. The van der Waals surface area contributed by atoms with Gasteiger partial charge in [-0.15, -0.1) is 0 Å². The van der Waals surface area contributed by atoms with Crippen molar-refractivity contribution in [2.45, 2.75) is 58.2 Å². The number of rotatable bonds is 13. The van der Waals surface area contributed by atoms with Crippen molar-refractivity contribution in [2.24, 2.45) is 0 Å². The van der Waals surface area contributed by atoms with Gasteiger partial charge in [0, 0.05) is 45.2 Å². The molecule has 4 rings (SSSR count). The maximum Gasteiger partial charge on any atom is 0.317 e. The number of nitrogens with one attached hydrogen (secondary N) is 2. The molecule has 1 saturated heterocycles. The van der Waals surface area contributed by atoms with Crippen LogP contribution in [0.5, 0.6) is 0 Å². The van der Waals surface area contributed by atoms with E-state index in [0.717, 1.165) is 40.7 Å². The van der Waals surface area contributed by atoms with Crippen molar-refractivity contribution in [3.8, 4) is 11.1 Å². The van der Waals surface area contributed by atoms with E-state index in [1.54, 1.807) is 33.2 Å². The molecule has 3 aromatic carbocycles. The molecule has 3 aromatic rings. The molecule has 10 heteroatoms. The lowest BCUT2D eigenvalue weighted by Gasteiger charge is -2.42. The first-order chi connectivity index (χ1) is 22.1. The van der Waals surface area contributed by atoms with E-state index < -0.39 is 12.1 Å². The Morgan fingerprint density at radius 1 is 0.913 bits per heavy atom. The molecule has 2 N–H and O–H groups in total. The zero-order chi connectivity index (χ0) is 33.2. The van der Waals surface area contributed by atoms with Crippen LogP contribution < -0.4 is 10.6 Å². The topological polar surface area (TPSA) is 102 Å². The smallest absolute Gasteiger partial charge is 0.317 e. The summed E-state index contributed by atoms with van der Waals surface area (Å²) in [5, 5.41) is 6.25. The summed E-state index contributed by atoms with van der Waals surface area (Å²) in [6.45, 7) is 5.21. The quantitative estimate of drug-likeness (QED) is 0.276. The fourth-order valence-corrected chi connectivity index (χ4v) is 5.79. The summed E-state index contributed by atoms with van der Waals surface area (Å²) in [5.74, 6) is -0.750. The molecule has 244 valence electrons. The van der Waals surface area contributed by atoms with Crippen molar-refractivity contribution < 1.29 is 19.2 Å². The highest BCUT2D eigenvalue weighted by Gasteiger charge is 2.42. The highest BCUT2D eigenvalue weighted by Crippen LogP contribution is 2.25. The van der Waals surface area contributed by atoms with Gasteiger partial charge in [-0.3, -0.25) is 14.4 Å². The fraction of sp³-hybridized carbons (Fsp3) is 0.389. The maximum absolute atomic E-state index is 13.6. The second kappa shape index (κ2) is 16.3. The highest BCUT2D eigenvalue weighted by atomic mass is 35.5. The highest BCUT2D eigenvalue weighted by molar-refractivity contribution is 6.30. The lowest BCUT2D eigenvalue weighted by atomic mass is 9.96. The number of hydrogen-bond acceptors (Lipinski definition) is 4. The summed E-state index contributed by atoms with van der Waals surface area (Å²) in [4.78, 5) is 56.6. The van der Waals surface area contributed by atoms with Gasteiger partial charge in [-0.2, -0.15) is 0 Å². The van der Waals surface area contributed by atoms with E-state index in [0.29, 0.717) is 37.5 Å². The third-order valence-corrected chi connectivity index (χ3v) is 8.72. The minimum Gasteiger partial charge on any atom is -0.354 e. The van der Waals surface area contributed by atoms with Gasteiger partial charge in [-0.1, -0.05) is 79.5 Å². The second-order valence-corrected chi connectivity index (χ2v) is 12.2. The minimum absolute atomic E-state index is 0.0911. The van der Waals surface area contributed by atoms with Crippen LogP contribution in [0, 0.1) is 0 Å². The molecule has 9 nitrogen and oxygen atoms in total. The zero-order valence-corrected chi connectivity index (χ0v) is 27.8. The summed E-state index contributed by atoms with van der Waals surface area (Å²) in [5.41, 5.74) is 5.02. The average Bonchev–Trinajstić information content (AvgIpc) is 3.07. The standard InChI is InChI=1S/C36H44ClN5O4/c1-5-6-20-41(36(46)38-3)23-28-8-7-9-30(21-28)29-14-10-27(11-15-29)22-32-35(45)42(25(2)34(44)40(32)4)24-33(43)39-19-18-26-12-16-31(37)17-13-26/h7-17,21,25,32H,5-6,18-20,22-24H2,1-4H3,(H,38,46)(H,39,43)/t25-,32?/m0/s1. The third-order valence-electron chi connectivity index (χ3n) is 8.47. The van der Waals surface area contributed by atoms with Crippen LogP contribution in [0.1, 0.15) is 43.4 Å². The van der Waals surface area contributed by atoms with Crippen molar-refractivity contribution in [2.75, 3.05) is 33.7 Å². The molecule has 0 radical (unpaired) electrons. The number of carbonyl (C=O) groups is 4. The summed E-state index contributed by atoms with van der Waals surface area (Å²) in [6.07, 6.45) is 2.91. The third kappa shape index (κ3) is 8.88. The molecular formula is C36H44ClN5O4. The maximum atomic E-state index is 13.6. The van der Waals surface area contributed by atoms with Gasteiger partial charge in [-0.05, 0) is 65.8 Å². The van der Waals surface area contributed by atoms with Gasteiger partial charge in [0.15, 0.2) is 0 Å². The van der Waals surface area contributed by atoms with Crippen molar-refractivity contribution in [1.29, 1.82) is 0 Å². The molecule has 5 amide bonds. The normalized spacial score (nSPS) is 16.4.